The van der Waals surface area contributed by atoms with E-state index in [1.807, 2.05) is 6.20 Å². The third-order valence-electron chi connectivity index (χ3n) is 5.32. The number of imidazole rings is 1. The molecule has 4 nitrogen and oxygen atoms in total. The van der Waals surface area contributed by atoms with Gasteiger partial charge in [0.1, 0.15) is 0 Å². The molecule has 4 rings (SSSR count). The van der Waals surface area contributed by atoms with E-state index in [4.69, 9.17) is 0 Å². The fourth-order valence-corrected chi connectivity index (χ4v) is 3.93. The van der Waals surface area contributed by atoms with E-state index in [9.17, 15) is 0 Å². The summed E-state index contributed by atoms with van der Waals surface area (Å²) >= 11 is 0. The first kappa shape index (κ1) is 14.8. The summed E-state index contributed by atoms with van der Waals surface area (Å²) < 4.78 is 0. The van der Waals surface area contributed by atoms with Gasteiger partial charge in [-0.2, -0.15) is 0 Å². The van der Waals surface area contributed by atoms with E-state index >= 15 is 0 Å². The van der Waals surface area contributed by atoms with Crippen LogP contribution >= 0.6 is 0 Å². The van der Waals surface area contributed by atoms with Crippen molar-refractivity contribution in [2.24, 2.45) is 0 Å². The Morgan fingerprint density at radius 3 is 2.87 bits per heavy atom. The highest BCUT2D eigenvalue weighted by Crippen LogP contribution is 2.28. The summed E-state index contributed by atoms with van der Waals surface area (Å²) in [5.74, 6) is 0. The Morgan fingerprint density at radius 1 is 1.17 bits per heavy atom. The van der Waals surface area contributed by atoms with Gasteiger partial charge < -0.3 is 15.2 Å². The van der Waals surface area contributed by atoms with Crippen LogP contribution in [0.4, 0.5) is 5.69 Å². The summed E-state index contributed by atoms with van der Waals surface area (Å²) in [4.78, 5) is 9.79. The molecule has 0 spiro atoms. The molecule has 0 radical (unpaired) electrons. The number of rotatable bonds is 5. The van der Waals surface area contributed by atoms with Crippen molar-refractivity contribution in [3.8, 4) is 0 Å². The number of hydrogen-bond acceptors (Lipinski definition) is 3. The van der Waals surface area contributed by atoms with Gasteiger partial charge >= 0.3 is 0 Å². The van der Waals surface area contributed by atoms with Crippen LogP contribution in [-0.4, -0.2) is 35.6 Å². The molecular weight excluding hydrogens is 284 g/mol. The number of aromatic amines is 1. The molecule has 4 heteroatoms. The first-order valence-electron chi connectivity index (χ1n) is 8.96. The zero-order valence-corrected chi connectivity index (χ0v) is 13.7. The molecule has 2 heterocycles. The maximum Gasteiger partial charge on any atom is 0.0921 e. The Kier molecular flexibility index (Phi) is 4.33. The predicted octanol–water partition coefficient (Wildman–Crippen LogP) is 2.70. The molecule has 0 unspecified atom stereocenters. The third kappa shape index (κ3) is 3.42. The second-order valence-electron chi connectivity index (χ2n) is 6.85. The van der Waals surface area contributed by atoms with E-state index in [0.29, 0.717) is 6.04 Å². The van der Waals surface area contributed by atoms with Crippen LogP contribution in [0.5, 0.6) is 0 Å². The van der Waals surface area contributed by atoms with Crippen molar-refractivity contribution in [3.05, 3.63) is 47.5 Å². The van der Waals surface area contributed by atoms with Crippen LogP contribution in [0.2, 0.25) is 0 Å². The number of H-pyrrole nitrogens is 1. The Balaban J connectivity index is 1.26. The number of benzene rings is 1. The fraction of sp³-hybridized carbons (Fsp3) is 0.526. The number of nitrogens with one attached hydrogen (secondary N) is 2. The number of aromatic nitrogens is 2. The highest BCUT2D eigenvalue weighted by molar-refractivity contribution is 5.52. The molecule has 122 valence electrons. The number of piperidine rings is 1. The monoisotopic (exact) mass is 310 g/mol. The van der Waals surface area contributed by atoms with Crippen molar-refractivity contribution >= 4 is 5.69 Å². The molecule has 1 aliphatic carbocycles. The summed E-state index contributed by atoms with van der Waals surface area (Å²) in [5.41, 5.74) is 5.81. The largest absolute Gasteiger partial charge is 0.371 e. The molecule has 0 atom stereocenters. The second-order valence-corrected chi connectivity index (χ2v) is 6.85. The lowest BCUT2D eigenvalue weighted by Gasteiger charge is -2.34. The van der Waals surface area contributed by atoms with Crippen molar-refractivity contribution < 1.29 is 0 Å². The molecule has 0 saturated carbocycles. The first-order chi connectivity index (χ1) is 11.4. The van der Waals surface area contributed by atoms with Crippen molar-refractivity contribution in [1.82, 2.24) is 15.3 Å². The molecule has 1 aliphatic heterocycles. The highest BCUT2D eigenvalue weighted by Gasteiger charge is 2.20. The minimum absolute atomic E-state index is 0.656. The minimum Gasteiger partial charge on any atom is -0.371 e. The normalized spacial score (nSPS) is 18.3. The summed E-state index contributed by atoms with van der Waals surface area (Å²) in [5, 5.41) is 3.70. The maximum atomic E-state index is 4.07. The van der Waals surface area contributed by atoms with E-state index in [-0.39, 0.29) is 0 Å². The van der Waals surface area contributed by atoms with E-state index in [0.717, 1.165) is 13.0 Å². The summed E-state index contributed by atoms with van der Waals surface area (Å²) in [6.45, 7) is 3.37. The van der Waals surface area contributed by atoms with Crippen LogP contribution in [0.1, 0.15) is 36.1 Å². The second kappa shape index (κ2) is 6.75. The van der Waals surface area contributed by atoms with E-state index in [2.05, 4.69) is 38.4 Å². The number of hydrogen-bond donors (Lipinski definition) is 2. The van der Waals surface area contributed by atoms with Gasteiger partial charge in [-0.05, 0) is 55.4 Å². The van der Waals surface area contributed by atoms with E-state index in [1.165, 1.54) is 56.6 Å². The molecule has 1 saturated heterocycles. The lowest BCUT2D eigenvalue weighted by molar-refractivity contribution is 0.417. The highest BCUT2D eigenvalue weighted by atomic mass is 15.1. The fourth-order valence-electron chi connectivity index (χ4n) is 3.93. The lowest BCUT2D eigenvalue weighted by Crippen LogP contribution is -2.43. The van der Waals surface area contributed by atoms with Crippen LogP contribution in [-0.2, 0) is 19.3 Å². The minimum atomic E-state index is 0.656. The van der Waals surface area contributed by atoms with Crippen molar-refractivity contribution in [3.63, 3.8) is 0 Å². The Morgan fingerprint density at radius 2 is 2.04 bits per heavy atom. The van der Waals surface area contributed by atoms with Crippen LogP contribution in [0.15, 0.2) is 30.7 Å². The topological polar surface area (TPSA) is 44.0 Å². The standard InChI is InChI=1S/C19H26N4/c1-2-15-4-5-19(12-16(15)3-1)23-10-7-17(8-11-23)21-9-6-18-13-20-14-22-18/h4-5,12-14,17,21H,1-3,6-11H2,(H,20,22). The number of fused-ring (bicyclic) bond motifs is 1. The van der Waals surface area contributed by atoms with Gasteiger partial charge in [0.25, 0.3) is 0 Å². The molecule has 0 amide bonds. The Labute approximate surface area is 138 Å². The Hall–Kier alpha value is -1.81. The average Bonchev–Trinajstić information content (AvgIpc) is 3.26. The molecule has 2 aromatic rings. The van der Waals surface area contributed by atoms with Crippen molar-refractivity contribution in [2.75, 3.05) is 24.5 Å². The summed E-state index contributed by atoms with van der Waals surface area (Å²) in [6.07, 6.45) is 11.1. The van der Waals surface area contributed by atoms with Gasteiger partial charge in [-0.15, -0.1) is 0 Å². The van der Waals surface area contributed by atoms with Gasteiger partial charge in [-0.3, -0.25) is 0 Å². The summed E-state index contributed by atoms with van der Waals surface area (Å²) in [6, 6.07) is 7.78. The zero-order chi connectivity index (χ0) is 15.5. The van der Waals surface area contributed by atoms with Gasteiger partial charge in [-0.25, -0.2) is 4.98 Å². The molecule has 23 heavy (non-hydrogen) atoms. The predicted molar refractivity (Wildman–Crippen MR) is 94.0 cm³/mol. The molecule has 1 aromatic heterocycles. The van der Waals surface area contributed by atoms with Gasteiger partial charge in [0.2, 0.25) is 0 Å². The number of anilines is 1. The molecule has 1 aromatic carbocycles. The van der Waals surface area contributed by atoms with Crippen LogP contribution in [0, 0.1) is 0 Å². The van der Waals surface area contributed by atoms with Crippen molar-refractivity contribution in [2.45, 2.75) is 44.6 Å². The number of nitrogens with zero attached hydrogens (tertiary/aromatic N) is 2. The smallest absolute Gasteiger partial charge is 0.0921 e. The third-order valence-corrected chi connectivity index (χ3v) is 5.32. The van der Waals surface area contributed by atoms with Crippen LogP contribution in [0.3, 0.4) is 0 Å². The summed E-state index contributed by atoms with van der Waals surface area (Å²) in [7, 11) is 0. The Bertz CT molecular complexity index is 627. The SMILES string of the molecule is c1ncc(CCNC2CCN(c3ccc4c(c3)CCC4)CC2)[nH]1. The quantitative estimate of drug-likeness (QED) is 0.892. The zero-order valence-electron chi connectivity index (χ0n) is 13.7. The van der Waals surface area contributed by atoms with Gasteiger partial charge in [0, 0.05) is 49.7 Å². The van der Waals surface area contributed by atoms with E-state index < -0.39 is 0 Å². The van der Waals surface area contributed by atoms with E-state index in [1.54, 1.807) is 17.5 Å². The van der Waals surface area contributed by atoms with Crippen LogP contribution < -0.4 is 10.2 Å². The maximum absolute atomic E-state index is 4.07. The van der Waals surface area contributed by atoms with Gasteiger partial charge in [0.15, 0.2) is 0 Å². The van der Waals surface area contributed by atoms with Gasteiger partial charge in [-0.1, -0.05) is 6.07 Å². The molecular formula is C19H26N4. The first-order valence-corrected chi connectivity index (χ1v) is 8.96. The molecule has 1 fully saturated rings. The molecule has 2 N–H and O–H groups in total. The number of aryl methyl sites for hydroxylation is 2. The average molecular weight is 310 g/mol. The van der Waals surface area contributed by atoms with Gasteiger partial charge in [0.05, 0.1) is 6.33 Å². The lowest BCUT2D eigenvalue weighted by atomic mass is 10.0. The molecule has 0 bridgehead atoms. The van der Waals surface area contributed by atoms with Crippen LogP contribution in [0.25, 0.3) is 0 Å². The van der Waals surface area contributed by atoms with Crippen molar-refractivity contribution in [1.29, 1.82) is 0 Å². The molecule has 2 aliphatic rings.